The second kappa shape index (κ2) is 9.65. The predicted molar refractivity (Wildman–Crippen MR) is 111 cm³/mol. The van der Waals surface area contributed by atoms with Gasteiger partial charge in [0.1, 0.15) is 13.1 Å². The first kappa shape index (κ1) is 21.0. The van der Waals surface area contributed by atoms with Crippen molar-refractivity contribution < 1.29 is 18.1 Å². The van der Waals surface area contributed by atoms with Crippen LogP contribution in [0.5, 0.6) is 0 Å². The van der Waals surface area contributed by atoms with Crippen molar-refractivity contribution in [2.75, 3.05) is 32.8 Å². The van der Waals surface area contributed by atoms with Crippen molar-refractivity contribution >= 4 is 10.0 Å². The van der Waals surface area contributed by atoms with Crippen LogP contribution in [-0.2, 0) is 14.8 Å². The molecule has 0 amide bonds. The third kappa shape index (κ3) is 5.41. The molecular formula is C22H31N2O3S+. The van der Waals surface area contributed by atoms with Gasteiger partial charge in [-0.15, -0.1) is 0 Å². The molecule has 1 heterocycles. The summed E-state index contributed by atoms with van der Waals surface area (Å²) in [5.74, 6) is 0.423. The highest BCUT2D eigenvalue weighted by molar-refractivity contribution is 7.89. The summed E-state index contributed by atoms with van der Waals surface area (Å²) in [6.07, 6.45) is 1.03. The van der Waals surface area contributed by atoms with Crippen molar-refractivity contribution in [1.82, 2.24) is 4.72 Å². The van der Waals surface area contributed by atoms with E-state index in [1.54, 1.807) is 12.1 Å². The minimum Gasteiger partial charge on any atom is -0.370 e. The molecule has 6 heteroatoms. The molecule has 3 rings (SSSR count). The first-order chi connectivity index (χ1) is 13.5. The van der Waals surface area contributed by atoms with E-state index in [2.05, 4.69) is 18.6 Å². The van der Waals surface area contributed by atoms with E-state index >= 15 is 0 Å². The number of ether oxygens (including phenoxy) is 1. The van der Waals surface area contributed by atoms with Gasteiger partial charge in [-0.3, -0.25) is 0 Å². The van der Waals surface area contributed by atoms with Crippen LogP contribution in [0.2, 0.25) is 0 Å². The summed E-state index contributed by atoms with van der Waals surface area (Å²) in [6.45, 7) is 8.23. The highest BCUT2D eigenvalue weighted by atomic mass is 32.2. The Balaban J connectivity index is 1.80. The number of benzene rings is 2. The molecule has 0 aromatic heterocycles. The Morgan fingerprint density at radius 3 is 2.25 bits per heavy atom. The van der Waals surface area contributed by atoms with E-state index in [1.807, 2.05) is 42.5 Å². The van der Waals surface area contributed by atoms with E-state index in [0.717, 1.165) is 38.3 Å². The predicted octanol–water partition coefficient (Wildman–Crippen LogP) is 2.13. The van der Waals surface area contributed by atoms with Crippen molar-refractivity contribution in [2.24, 2.45) is 0 Å². The van der Waals surface area contributed by atoms with Gasteiger partial charge in [-0.25, -0.2) is 8.42 Å². The third-order valence-electron chi connectivity index (χ3n) is 5.56. The SMILES string of the molecule is CC[C@H](C)c1ccc(S(=O)(=O)N[C@H](C[NH+]2CCOCC2)c2ccccc2)cc1. The van der Waals surface area contributed by atoms with E-state index in [1.165, 1.54) is 10.5 Å². The molecule has 0 unspecified atom stereocenters. The van der Waals surface area contributed by atoms with Gasteiger partial charge in [0.05, 0.1) is 30.7 Å². The normalized spacial score (nSPS) is 17.9. The average Bonchev–Trinajstić information content (AvgIpc) is 2.74. The smallest absolute Gasteiger partial charge is 0.241 e. The molecule has 1 aliphatic heterocycles. The van der Waals surface area contributed by atoms with Crippen LogP contribution in [0.25, 0.3) is 0 Å². The molecule has 1 fully saturated rings. The number of quaternary nitrogens is 1. The topological polar surface area (TPSA) is 59.8 Å². The highest BCUT2D eigenvalue weighted by Crippen LogP contribution is 2.22. The van der Waals surface area contributed by atoms with E-state index in [4.69, 9.17) is 4.74 Å². The summed E-state index contributed by atoms with van der Waals surface area (Å²) in [4.78, 5) is 1.67. The Morgan fingerprint density at radius 2 is 1.64 bits per heavy atom. The number of rotatable bonds is 8. The van der Waals surface area contributed by atoms with Crippen LogP contribution in [0.1, 0.15) is 43.4 Å². The van der Waals surface area contributed by atoms with E-state index in [-0.39, 0.29) is 6.04 Å². The monoisotopic (exact) mass is 403 g/mol. The zero-order valence-electron chi connectivity index (χ0n) is 16.7. The van der Waals surface area contributed by atoms with Gasteiger partial charge in [0.2, 0.25) is 10.0 Å². The Morgan fingerprint density at radius 1 is 1.00 bits per heavy atom. The zero-order valence-corrected chi connectivity index (χ0v) is 17.5. The minimum atomic E-state index is -3.60. The lowest BCUT2D eigenvalue weighted by atomic mass is 9.99. The first-order valence-electron chi connectivity index (χ1n) is 10.1. The van der Waals surface area contributed by atoms with E-state index < -0.39 is 10.0 Å². The van der Waals surface area contributed by atoms with Crippen LogP contribution < -0.4 is 9.62 Å². The molecule has 2 aromatic rings. The van der Waals surface area contributed by atoms with Crippen LogP contribution in [0.4, 0.5) is 0 Å². The van der Waals surface area contributed by atoms with Crippen LogP contribution in [0.3, 0.4) is 0 Å². The lowest BCUT2D eigenvalue weighted by Gasteiger charge is -2.28. The maximum atomic E-state index is 13.1. The van der Waals surface area contributed by atoms with Gasteiger partial charge in [0.15, 0.2) is 0 Å². The molecule has 1 aliphatic rings. The summed E-state index contributed by atoms with van der Waals surface area (Å²) in [5, 5.41) is 0. The molecule has 5 nitrogen and oxygen atoms in total. The maximum Gasteiger partial charge on any atom is 0.241 e. The van der Waals surface area contributed by atoms with Crippen molar-refractivity contribution in [1.29, 1.82) is 0 Å². The molecule has 0 spiro atoms. The second-order valence-corrected chi connectivity index (χ2v) is 9.24. The fraction of sp³-hybridized carbons (Fsp3) is 0.455. The summed E-state index contributed by atoms with van der Waals surface area (Å²) < 4.78 is 34.5. The lowest BCUT2D eigenvalue weighted by Crippen LogP contribution is -3.14. The van der Waals surface area contributed by atoms with Crippen molar-refractivity contribution in [3.05, 3.63) is 65.7 Å². The summed E-state index contributed by atoms with van der Waals surface area (Å²) >= 11 is 0. The van der Waals surface area contributed by atoms with E-state index in [9.17, 15) is 8.42 Å². The quantitative estimate of drug-likeness (QED) is 0.710. The van der Waals surface area contributed by atoms with Crippen LogP contribution in [0.15, 0.2) is 59.5 Å². The van der Waals surface area contributed by atoms with Crippen LogP contribution in [0, 0.1) is 0 Å². The van der Waals surface area contributed by atoms with Gasteiger partial charge in [0, 0.05) is 0 Å². The molecular weight excluding hydrogens is 372 g/mol. The van der Waals surface area contributed by atoms with Gasteiger partial charge in [-0.1, -0.05) is 56.3 Å². The number of hydrogen-bond donors (Lipinski definition) is 2. The number of hydrogen-bond acceptors (Lipinski definition) is 3. The van der Waals surface area contributed by atoms with Crippen LogP contribution in [-0.4, -0.2) is 41.3 Å². The molecule has 0 aliphatic carbocycles. The van der Waals surface area contributed by atoms with Crippen molar-refractivity contribution in [3.63, 3.8) is 0 Å². The lowest BCUT2D eigenvalue weighted by molar-refractivity contribution is -0.909. The van der Waals surface area contributed by atoms with Crippen molar-refractivity contribution in [2.45, 2.75) is 37.1 Å². The molecule has 152 valence electrons. The standard InChI is InChI=1S/C22H30N2O3S/c1-3-18(2)19-9-11-21(12-10-19)28(25,26)23-22(20-7-5-4-6-8-20)17-24-13-15-27-16-14-24/h4-12,18,22-23H,3,13-17H2,1-2H3/p+1/t18-,22+/m0/s1. The van der Waals surface area contributed by atoms with E-state index in [0.29, 0.717) is 17.4 Å². The highest BCUT2D eigenvalue weighted by Gasteiger charge is 2.26. The summed E-state index contributed by atoms with van der Waals surface area (Å²) in [7, 11) is -3.60. The average molecular weight is 404 g/mol. The van der Waals surface area contributed by atoms with Gasteiger partial charge in [0.25, 0.3) is 0 Å². The second-order valence-electron chi connectivity index (χ2n) is 7.53. The molecule has 2 atom stereocenters. The number of sulfonamides is 1. The van der Waals surface area contributed by atoms with Gasteiger partial charge in [-0.2, -0.15) is 4.72 Å². The third-order valence-corrected chi connectivity index (χ3v) is 7.05. The summed E-state index contributed by atoms with van der Waals surface area (Å²) in [6, 6.07) is 16.8. The summed E-state index contributed by atoms with van der Waals surface area (Å²) in [5.41, 5.74) is 2.15. The zero-order chi connectivity index (χ0) is 20.0. The number of nitrogens with one attached hydrogen (secondary N) is 2. The molecule has 0 bridgehead atoms. The molecule has 28 heavy (non-hydrogen) atoms. The van der Waals surface area contributed by atoms with Gasteiger partial charge < -0.3 is 9.64 Å². The fourth-order valence-electron chi connectivity index (χ4n) is 3.53. The van der Waals surface area contributed by atoms with Gasteiger partial charge >= 0.3 is 0 Å². The van der Waals surface area contributed by atoms with Gasteiger partial charge in [-0.05, 0) is 35.6 Å². The Bertz CT molecular complexity index is 832. The molecule has 2 N–H and O–H groups in total. The maximum absolute atomic E-state index is 13.1. The Labute approximate surface area is 168 Å². The number of morpholine rings is 1. The Kier molecular flexibility index (Phi) is 7.24. The van der Waals surface area contributed by atoms with Crippen LogP contribution >= 0.6 is 0 Å². The molecule has 1 saturated heterocycles. The van der Waals surface area contributed by atoms with Crippen molar-refractivity contribution in [3.8, 4) is 0 Å². The molecule has 0 radical (unpaired) electrons. The molecule has 2 aromatic carbocycles. The molecule has 0 saturated carbocycles. The fourth-order valence-corrected chi connectivity index (χ4v) is 4.76. The Hall–Kier alpha value is -1.73. The largest absolute Gasteiger partial charge is 0.370 e. The first-order valence-corrected chi connectivity index (χ1v) is 11.6. The minimum absolute atomic E-state index is 0.270.